The first-order valence-corrected chi connectivity index (χ1v) is 6.25. The van der Waals surface area contributed by atoms with Gasteiger partial charge in [0, 0.05) is 18.5 Å². The van der Waals surface area contributed by atoms with Crippen molar-refractivity contribution in [2.75, 3.05) is 5.32 Å². The number of rotatable bonds is 3. The molecule has 2 rings (SSSR count). The molecule has 16 heavy (non-hydrogen) atoms. The molecule has 0 aliphatic rings. The summed E-state index contributed by atoms with van der Waals surface area (Å²) >= 11 is 7.48. The van der Waals surface area contributed by atoms with Crippen LogP contribution in [0.4, 0.5) is 5.69 Å². The molecule has 0 saturated heterocycles. The highest BCUT2D eigenvalue weighted by Gasteiger charge is 2.08. The Morgan fingerprint density at radius 2 is 2.19 bits per heavy atom. The minimum atomic E-state index is 0.796. The SMILES string of the molecule is Cc1nn(C)c(C)c1NCc1ccc(Cl)s1. The van der Waals surface area contributed by atoms with Gasteiger partial charge in [-0.3, -0.25) is 4.68 Å². The van der Waals surface area contributed by atoms with Crippen molar-refractivity contribution < 1.29 is 0 Å². The predicted octanol–water partition coefficient (Wildman–Crippen LogP) is 3.36. The number of aromatic nitrogens is 2. The molecule has 2 heterocycles. The molecule has 0 aliphatic carbocycles. The van der Waals surface area contributed by atoms with Crippen molar-refractivity contribution in [3.63, 3.8) is 0 Å². The van der Waals surface area contributed by atoms with Gasteiger partial charge < -0.3 is 5.32 Å². The van der Waals surface area contributed by atoms with Gasteiger partial charge in [0.25, 0.3) is 0 Å². The van der Waals surface area contributed by atoms with E-state index in [0.29, 0.717) is 0 Å². The Morgan fingerprint density at radius 3 is 2.69 bits per heavy atom. The van der Waals surface area contributed by atoms with Crippen molar-refractivity contribution >= 4 is 28.6 Å². The molecule has 5 heteroatoms. The lowest BCUT2D eigenvalue weighted by atomic mass is 10.3. The quantitative estimate of drug-likeness (QED) is 0.912. The summed E-state index contributed by atoms with van der Waals surface area (Å²) in [5.41, 5.74) is 3.30. The molecule has 0 unspecified atom stereocenters. The first-order valence-electron chi connectivity index (χ1n) is 5.06. The normalized spacial score (nSPS) is 10.8. The van der Waals surface area contributed by atoms with Crippen molar-refractivity contribution in [2.24, 2.45) is 7.05 Å². The van der Waals surface area contributed by atoms with E-state index in [4.69, 9.17) is 11.6 Å². The number of aryl methyl sites for hydroxylation is 2. The standard InChI is InChI=1S/C11H14ClN3S/c1-7-11(8(2)15(3)14-7)13-6-9-4-5-10(12)16-9/h4-5,13H,6H2,1-3H3. The Labute approximate surface area is 104 Å². The molecule has 2 aromatic heterocycles. The molecule has 0 amide bonds. The first kappa shape index (κ1) is 11.5. The summed E-state index contributed by atoms with van der Waals surface area (Å²) in [5.74, 6) is 0. The Morgan fingerprint density at radius 1 is 1.44 bits per heavy atom. The highest BCUT2D eigenvalue weighted by molar-refractivity contribution is 7.16. The summed E-state index contributed by atoms with van der Waals surface area (Å²) in [5, 5.41) is 7.76. The van der Waals surface area contributed by atoms with Gasteiger partial charge in [0.2, 0.25) is 0 Å². The van der Waals surface area contributed by atoms with E-state index >= 15 is 0 Å². The van der Waals surface area contributed by atoms with Crippen molar-refractivity contribution in [2.45, 2.75) is 20.4 Å². The molecular weight excluding hydrogens is 242 g/mol. The predicted molar refractivity (Wildman–Crippen MR) is 69.3 cm³/mol. The van der Waals surface area contributed by atoms with Gasteiger partial charge in [-0.25, -0.2) is 0 Å². The van der Waals surface area contributed by atoms with E-state index in [2.05, 4.69) is 17.3 Å². The number of hydrogen-bond donors (Lipinski definition) is 1. The minimum absolute atomic E-state index is 0.796. The average molecular weight is 256 g/mol. The van der Waals surface area contributed by atoms with Crippen LogP contribution < -0.4 is 5.32 Å². The topological polar surface area (TPSA) is 29.9 Å². The summed E-state index contributed by atoms with van der Waals surface area (Å²) in [7, 11) is 1.95. The third kappa shape index (κ3) is 2.23. The lowest BCUT2D eigenvalue weighted by Gasteiger charge is -2.04. The van der Waals surface area contributed by atoms with Gasteiger partial charge in [-0.1, -0.05) is 11.6 Å². The van der Waals surface area contributed by atoms with Crippen LogP contribution in [-0.4, -0.2) is 9.78 Å². The summed E-state index contributed by atoms with van der Waals surface area (Å²) in [6, 6.07) is 3.97. The van der Waals surface area contributed by atoms with Gasteiger partial charge in [-0.15, -0.1) is 11.3 Å². The van der Waals surface area contributed by atoms with Crippen LogP contribution in [0.5, 0.6) is 0 Å². The second-order valence-electron chi connectivity index (χ2n) is 3.73. The van der Waals surface area contributed by atoms with E-state index in [0.717, 1.165) is 28.0 Å². The Bertz CT molecular complexity index is 501. The fourth-order valence-electron chi connectivity index (χ4n) is 1.65. The Hall–Kier alpha value is -1.000. The largest absolute Gasteiger partial charge is 0.377 e. The molecule has 86 valence electrons. The molecule has 0 spiro atoms. The van der Waals surface area contributed by atoms with Crippen LogP contribution in [0.1, 0.15) is 16.3 Å². The summed E-state index contributed by atoms with van der Waals surface area (Å²) in [6.07, 6.45) is 0. The van der Waals surface area contributed by atoms with E-state index < -0.39 is 0 Å². The molecule has 0 bridgehead atoms. The highest BCUT2D eigenvalue weighted by Crippen LogP contribution is 2.24. The average Bonchev–Trinajstić information content (AvgIpc) is 2.72. The Balaban J connectivity index is 2.10. The van der Waals surface area contributed by atoms with Gasteiger partial charge in [-0.05, 0) is 26.0 Å². The van der Waals surface area contributed by atoms with Gasteiger partial charge in [0.1, 0.15) is 0 Å². The number of nitrogens with one attached hydrogen (secondary N) is 1. The van der Waals surface area contributed by atoms with Crippen LogP contribution in [0.3, 0.4) is 0 Å². The third-order valence-electron chi connectivity index (χ3n) is 2.58. The van der Waals surface area contributed by atoms with E-state index in [1.807, 2.05) is 30.8 Å². The molecule has 2 aromatic rings. The molecule has 0 saturated carbocycles. The lowest BCUT2D eigenvalue weighted by Crippen LogP contribution is -2.00. The van der Waals surface area contributed by atoms with E-state index in [1.54, 1.807) is 11.3 Å². The molecule has 0 aliphatic heterocycles. The van der Waals surface area contributed by atoms with Gasteiger partial charge in [0.15, 0.2) is 0 Å². The maximum Gasteiger partial charge on any atom is 0.0931 e. The van der Waals surface area contributed by atoms with Crippen LogP contribution in [0, 0.1) is 13.8 Å². The van der Waals surface area contributed by atoms with Crippen molar-refractivity contribution in [3.05, 3.63) is 32.7 Å². The molecule has 1 N–H and O–H groups in total. The zero-order chi connectivity index (χ0) is 11.7. The first-order chi connectivity index (χ1) is 7.58. The maximum absolute atomic E-state index is 5.88. The van der Waals surface area contributed by atoms with Crippen LogP contribution in [0.2, 0.25) is 4.34 Å². The van der Waals surface area contributed by atoms with Crippen LogP contribution in [0.15, 0.2) is 12.1 Å². The molecule has 0 atom stereocenters. The van der Waals surface area contributed by atoms with Gasteiger partial charge in [0.05, 0.1) is 21.4 Å². The monoisotopic (exact) mass is 255 g/mol. The zero-order valence-electron chi connectivity index (χ0n) is 9.54. The fraction of sp³-hybridized carbons (Fsp3) is 0.364. The smallest absolute Gasteiger partial charge is 0.0931 e. The van der Waals surface area contributed by atoms with Crippen LogP contribution in [0.25, 0.3) is 0 Å². The molecule has 0 fully saturated rings. The summed E-state index contributed by atoms with van der Waals surface area (Å²) in [4.78, 5) is 1.23. The van der Waals surface area contributed by atoms with E-state index in [1.165, 1.54) is 4.88 Å². The van der Waals surface area contributed by atoms with Crippen LogP contribution in [-0.2, 0) is 13.6 Å². The summed E-state index contributed by atoms with van der Waals surface area (Å²) < 4.78 is 2.72. The van der Waals surface area contributed by atoms with E-state index in [-0.39, 0.29) is 0 Å². The summed E-state index contributed by atoms with van der Waals surface area (Å²) in [6.45, 7) is 4.87. The number of thiophene rings is 1. The Kier molecular flexibility index (Phi) is 3.21. The maximum atomic E-state index is 5.88. The zero-order valence-corrected chi connectivity index (χ0v) is 11.1. The van der Waals surface area contributed by atoms with Crippen molar-refractivity contribution in [3.8, 4) is 0 Å². The highest BCUT2D eigenvalue weighted by atomic mass is 35.5. The van der Waals surface area contributed by atoms with Crippen LogP contribution >= 0.6 is 22.9 Å². The second kappa shape index (κ2) is 4.47. The van der Waals surface area contributed by atoms with Crippen molar-refractivity contribution in [1.82, 2.24) is 9.78 Å². The fourth-order valence-corrected chi connectivity index (χ4v) is 2.68. The van der Waals surface area contributed by atoms with Crippen molar-refractivity contribution in [1.29, 1.82) is 0 Å². The molecule has 0 aromatic carbocycles. The number of halogens is 1. The molecule has 0 radical (unpaired) electrons. The minimum Gasteiger partial charge on any atom is -0.377 e. The van der Waals surface area contributed by atoms with Gasteiger partial charge in [-0.2, -0.15) is 5.10 Å². The lowest BCUT2D eigenvalue weighted by molar-refractivity contribution is 0.731. The third-order valence-corrected chi connectivity index (χ3v) is 3.81. The van der Waals surface area contributed by atoms with E-state index in [9.17, 15) is 0 Å². The second-order valence-corrected chi connectivity index (χ2v) is 5.53. The molecule has 3 nitrogen and oxygen atoms in total. The molecular formula is C11H14ClN3S. The number of anilines is 1. The van der Waals surface area contributed by atoms with Gasteiger partial charge >= 0.3 is 0 Å². The number of nitrogens with zero attached hydrogens (tertiary/aromatic N) is 2. The number of hydrogen-bond acceptors (Lipinski definition) is 3.